The number of carbonyl (C=O) groups excluding carboxylic acids is 1. The molecular formula is C9H9Cl2NO2. The van der Waals surface area contributed by atoms with Crippen LogP contribution in [0.15, 0.2) is 24.4 Å². The number of hydrogen-bond acceptors (Lipinski definition) is 3. The zero-order valence-corrected chi connectivity index (χ0v) is 9.05. The van der Waals surface area contributed by atoms with E-state index in [1.54, 1.807) is 25.1 Å². The highest BCUT2D eigenvalue weighted by Gasteiger charge is 2.38. The Labute approximate surface area is 92.0 Å². The molecule has 0 saturated heterocycles. The molecule has 0 aliphatic heterocycles. The number of rotatable bonds is 3. The van der Waals surface area contributed by atoms with E-state index in [1.165, 1.54) is 6.20 Å². The molecule has 0 aliphatic rings. The highest BCUT2D eigenvalue weighted by atomic mass is 35.5. The van der Waals surface area contributed by atoms with Crippen molar-refractivity contribution in [3.63, 3.8) is 0 Å². The summed E-state index contributed by atoms with van der Waals surface area (Å²) in [5.41, 5.74) is 0.266. The molecule has 0 unspecified atom stereocenters. The van der Waals surface area contributed by atoms with Crippen molar-refractivity contribution < 1.29 is 9.53 Å². The van der Waals surface area contributed by atoms with E-state index in [4.69, 9.17) is 27.9 Å². The van der Waals surface area contributed by atoms with E-state index in [0.29, 0.717) is 0 Å². The average molecular weight is 234 g/mol. The lowest BCUT2D eigenvalue weighted by molar-refractivity contribution is -0.144. The van der Waals surface area contributed by atoms with Crippen molar-refractivity contribution in [2.75, 3.05) is 6.61 Å². The molecule has 76 valence electrons. The fourth-order valence-corrected chi connectivity index (χ4v) is 1.21. The summed E-state index contributed by atoms with van der Waals surface area (Å²) in [5, 5.41) is 0. The van der Waals surface area contributed by atoms with Crippen LogP contribution in [0.5, 0.6) is 0 Å². The normalized spacial score (nSPS) is 11.1. The van der Waals surface area contributed by atoms with Gasteiger partial charge in [-0.3, -0.25) is 4.98 Å². The minimum absolute atomic E-state index is 0.229. The molecule has 3 nitrogen and oxygen atoms in total. The molecule has 0 aliphatic carbocycles. The molecule has 1 aromatic heterocycles. The lowest BCUT2D eigenvalue weighted by Crippen LogP contribution is -2.26. The summed E-state index contributed by atoms with van der Waals surface area (Å²) in [6, 6.07) is 4.97. The van der Waals surface area contributed by atoms with E-state index in [9.17, 15) is 4.79 Å². The van der Waals surface area contributed by atoms with Crippen LogP contribution in [0.3, 0.4) is 0 Å². The molecule has 1 rings (SSSR count). The third-order valence-electron chi connectivity index (χ3n) is 1.52. The number of pyridine rings is 1. The maximum atomic E-state index is 11.3. The SMILES string of the molecule is CCOC(=O)C(Cl)(Cl)c1ccccn1. The van der Waals surface area contributed by atoms with Crippen LogP contribution in [0, 0.1) is 0 Å². The highest BCUT2D eigenvalue weighted by molar-refractivity contribution is 6.56. The van der Waals surface area contributed by atoms with Crippen LogP contribution >= 0.6 is 23.2 Å². The first-order valence-corrected chi connectivity index (χ1v) is 4.81. The van der Waals surface area contributed by atoms with Crippen LogP contribution in [0.25, 0.3) is 0 Å². The molecule has 0 amide bonds. The van der Waals surface area contributed by atoms with E-state index < -0.39 is 10.3 Å². The van der Waals surface area contributed by atoms with E-state index in [0.717, 1.165) is 0 Å². The van der Waals surface area contributed by atoms with Crippen molar-refractivity contribution in [2.24, 2.45) is 0 Å². The lowest BCUT2D eigenvalue weighted by atomic mass is 10.2. The standard InChI is InChI=1S/C9H9Cl2NO2/c1-2-14-8(13)9(10,11)7-5-3-4-6-12-7/h3-6H,2H2,1H3. The van der Waals surface area contributed by atoms with Gasteiger partial charge in [0.15, 0.2) is 0 Å². The van der Waals surface area contributed by atoms with Gasteiger partial charge in [0.2, 0.25) is 0 Å². The minimum Gasteiger partial charge on any atom is -0.463 e. The van der Waals surface area contributed by atoms with Crippen molar-refractivity contribution in [3.05, 3.63) is 30.1 Å². The number of alkyl halides is 2. The quantitative estimate of drug-likeness (QED) is 0.594. The molecule has 0 saturated carbocycles. The molecule has 0 fully saturated rings. The van der Waals surface area contributed by atoms with Crippen LogP contribution in [0.4, 0.5) is 0 Å². The third-order valence-corrected chi connectivity index (χ3v) is 2.21. The fourth-order valence-electron chi connectivity index (χ4n) is 0.875. The van der Waals surface area contributed by atoms with Crippen molar-refractivity contribution >= 4 is 29.2 Å². The topological polar surface area (TPSA) is 39.2 Å². The number of hydrogen-bond donors (Lipinski definition) is 0. The minimum atomic E-state index is -1.72. The highest BCUT2D eigenvalue weighted by Crippen LogP contribution is 2.33. The Morgan fingerprint density at radius 3 is 2.79 bits per heavy atom. The van der Waals surface area contributed by atoms with Gasteiger partial charge in [-0.05, 0) is 19.1 Å². The maximum absolute atomic E-state index is 11.3. The fraction of sp³-hybridized carbons (Fsp3) is 0.333. The van der Waals surface area contributed by atoms with Crippen LogP contribution < -0.4 is 0 Å². The average Bonchev–Trinajstić information content (AvgIpc) is 2.19. The summed E-state index contributed by atoms with van der Waals surface area (Å²) in [6.07, 6.45) is 1.51. The molecule has 5 heteroatoms. The van der Waals surface area contributed by atoms with Gasteiger partial charge in [0.05, 0.1) is 12.3 Å². The summed E-state index contributed by atoms with van der Waals surface area (Å²) >= 11 is 11.6. The summed E-state index contributed by atoms with van der Waals surface area (Å²) in [4.78, 5) is 15.2. The van der Waals surface area contributed by atoms with E-state index in [-0.39, 0.29) is 12.3 Å². The molecule has 0 radical (unpaired) electrons. The summed E-state index contributed by atoms with van der Waals surface area (Å²) in [6.45, 7) is 1.91. The van der Waals surface area contributed by atoms with E-state index in [1.807, 2.05) is 0 Å². The number of halogens is 2. The lowest BCUT2D eigenvalue weighted by Gasteiger charge is -2.16. The Morgan fingerprint density at radius 1 is 1.57 bits per heavy atom. The molecule has 1 heterocycles. The predicted molar refractivity (Wildman–Crippen MR) is 54.3 cm³/mol. The number of esters is 1. The van der Waals surface area contributed by atoms with Crippen LogP contribution in [-0.4, -0.2) is 17.6 Å². The van der Waals surface area contributed by atoms with Gasteiger partial charge in [0.1, 0.15) is 0 Å². The zero-order chi connectivity index (χ0) is 10.6. The third kappa shape index (κ3) is 2.36. The first-order valence-electron chi connectivity index (χ1n) is 4.05. The Balaban J connectivity index is 2.90. The number of aromatic nitrogens is 1. The van der Waals surface area contributed by atoms with Gasteiger partial charge >= 0.3 is 5.97 Å². The summed E-state index contributed by atoms with van der Waals surface area (Å²) in [5.74, 6) is -0.706. The summed E-state index contributed by atoms with van der Waals surface area (Å²) in [7, 11) is 0. The number of ether oxygens (including phenoxy) is 1. The maximum Gasteiger partial charge on any atom is 0.349 e. The first-order chi connectivity index (χ1) is 6.59. The summed E-state index contributed by atoms with van der Waals surface area (Å²) < 4.78 is 2.99. The second kappa shape index (κ2) is 4.62. The Kier molecular flexibility index (Phi) is 3.72. The molecule has 1 aromatic rings. The van der Waals surface area contributed by atoms with Crippen molar-refractivity contribution in [1.29, 1.82) is 0 Å². The van der Waals surface area contributed by atoms with Gasteiger partial charge < -0.3 is 4.74 Å². The van der Waals surface area contributed by atoms with Crippen LogP contribution in [0.2, 0.25) is 0 Å². The molecule has 0 atom stereocenters. The largest absolute Gasteiger partial charge is 0.463 e. The predicted octanol–water partition coefficient (Wildman–Crippen LogP) is 2.28. The first kappa shape index (κ1) is 11.3. The van der Waals surface area contributed by atoms with E-state index >= 15 is 0 Å². The Hall–Kier alpha value is -0.800. The Morgan fingerprint density at radius 2 is 2.29 bits per heavy atom. The van der Waals surface area contributed by atoms with Gasteiger partial charge in [-0.2, -0.15) is 0 Å². The Bertz CT molecular complexity index is 314. The van der Waals surface area contributed by atoms with Gasteiger partial charge in [0.25, 0.3) is 4.33 Å². The zero-order valence-electron chi connectivity index (χ0n) is 7.54. The van der Waals surface area contributed by atoms with Crippen molar-refractivity contribution in [3.8, 4) is 0 Å². The molecular weight excluding hydrogens is 225 g/mol. The van der Waals surface area contributed by atoms with Crippen LogP contribution in [-0.2, 0) is 13.9 Å². The van der Waals surface area contributed by atoms with Gasteiger partial charge in [0, 0.05) is 6.20 Å². The van der Waals surface area contributed by atoms with Gasteiger partial charge in [-0.1, -0.05) is 29.3 Å². The smallest absolute Gasteiger partial charge is 0.349 e. The second-order valence-corrected chi connectivity index (χ2v) is 3.84. The molecule has 0 aromatic carbocycles. The molecule has 0 spiro atoms. The molecule has 14 heavy (non-hydrogen) atoms. The number of carbonyl (C=O) groups is 1. The molecule has 0 N–H and O–H groups in total. The van der Waals surface area contributed by atoms with Crippen molar-refractivity contribution in [2.45, 2.75) is 11.3 Å². The monoisotopic (exact) mass is 233 g/mol. The number of nitrogens with zero attached hydrogens (tertiary/aromatic N) is 1. The van der Waals surface area contributed by atoms with Crippen molar-refractivity contribution in [1.82, 2.24) is 4.98 Å². The second-order valence-electron chi connectivity index (χ2n) is 2.51. The van der Waals surface area contributed by atoms with Gasteiger partial charge in [-0.25, -0.2) is 4.79 Å². The van der Waals surface area contributed by atoms with Crippen LogP contribution in [0.1, 0.15) is 12.6 Å². The van der Waals surface area contributed by atoms with Gasteiger partial charge in [-0.15, -0.1) is 0 Å². The molecule has 0 bridgehead atoms. The van der Waals surface area contributed by atoms with E-state index in [2.05, 4.69) is 4.98 Å².